The number of benzene rings is 2. The molecule has 138 valence electrons. The summed E-state index contributed by atoms with van der Waals surface area (Å²) in [6.45, 7) is 2.82. The predicted molar refractivity (Wildman–Crippen MR) is 92.5 cm³/mol. The molecule has 0 heterocycles. The van der Waals surface area contributed by atoms with Gasteiger partial charge in [-0.1, -0.05) is 0 Å². The van der Waals surface area contributed by atoms with Crippen LogP contribution in [0, 0.1) is 12.7 Å². The molecule has 3 N–H and O–H groups in total. The van der Waals surface area contributed by atoms with E-state index in [0.717, 1.165) is 12.1 Å². The van der Waals surface area contributed by atoms with Crippen LogP contribution in [0.4, 0.5) is 10.1 Å². The van der Waals surface area contributed by atoms with Crippen molar-refractivity contribution in [3.63, 3.8) is 0 Å². The molecule has 26 heavy (non-hydrogen) atoms. The summed E-state index contributed by atoms with van der Waals surface area (Å²) in [6, 6.07) is 8.75. The van der Waals surface area contributed by atoms with Crippen molar-refractivity contribution in [2.24, 2.45) is 5.73 Å². The number of aryl methyl sites for hydroxylation is 1. The van der Waals surface area contributed by atoms with Crippen LogP contribution >= 0.6 is 0 Å². The number of nitrogens with two attached hydrogens (primary N) is 1. The van der Waals surface area contributed by atoms with Gasteiger partial charge >= 0.3 is 5.97 Å². The number of halogens is 1. The van der Waals surface area contributed by atoms with E-state index in [2.05, 4.69) is 4.72 Å². The van der Waals surface area contributed by atoms with Crippen molar-refractivity contribution in [3.8, 4) is 0 Å². The number of carbonyl (C=O) groups is 2. The van der Waals surface area contributed by atoms with Crippen LogP contribution in [-0.4, -0.2) is 26.4 Å². The predicted octanol–water partition coefficient (Wildman–Crippen LogP) is 1.97. The Morgan fingerprint density at radius 3 is 2.31 bits per heavy atom. The second-order valence-corrected chi connectivity index (χ2v) is 7.19. The largest absolute Gasteiger partial charge is 0.449 e. The molecule has 0 fully saturated rings. The summed E-state index contributed by atoms with van der Waals surface area (Å²) in [5, 5.41) is 0. The van der Waals surface area contributed by atoms with E-state index in [1.165, 1.54) is 44.2 Å². The molecule has 1 amide bonds. The smallest absolute Gasteiger partial charge is 0.338 e. The van der Waals surface area contributed by atoms with E-state index >= 15 is 0 Å². The molecule has 0 aliphatic rings. The molecule has 0 bridgehead atoms. The molecule has 0 spiro atoms. The molecule has 0 aliphatic carbocycles. The maximum Gasteiger partial charge on any atom is 0.338 e. The molecule has 0 radical (unpaired) electrons. The van der Waals surface area contributed by atoms with Crippen molar-refractivity contribution in [1.29, 1.82) is 0 Å². The van der Waals surface area contributed by atoms with Crippen molar-refractivity contribution in [2.75, 3.05) is 4.72 Å². The van der Waals surface area contributed by atoms with Crippen LogP contribution in [0.3, 0.4) is 0 Å². The Balaban J connectivity index is 2.16. The Morgan fingerprint density at radius 2 is 1.77 bits per heavy atom. The highest BCUT2D eigenvalue weighted by molar-refractivity contribution is 7.92. The Labute approximate surface area is 150 Å². The molecular formula is C17H17FN2O5S. The first-order valence-electron chi connectivity index (χ1n) is 7.49. The maximum absolute atomic E-state index is 13.1. The third-order valence-electron chi connectivity index (χ3n) is 3.48. The van der Waals surface area contributed by atoms with Gasteiger partial charge in [-0.3, -0.25) is 9.52 Å². The number of amides is 1. The molecule has 1 atom stereocenters. The van der Waals surface area contributed by atoms with E-state index in [4.69, 9.17) is 10.5 Å². The van der Waals surface area contributed by atoms with Gasteiger partial charge in [0.15, 0.2) is 6.10 Å². The average Bonchev–Trinajstić information content (AvgIpc) is 2.54. The highest BCUT2D eigenvalue weighted by Gasteiger charge is 2.19. The van der Waals surface area contributed by atoms with Gasteiger partial charge in [-0.15, -0.1) is 0 Å². The van der Waals surface area contributed by atoms with Crippen molar-refractivity contribution >= 4 is 27.6 Å². The first-order valence-corrected chi connectivity index (χ1v) is 8.98. The van der Waals surface area contributed by atoms with Crippen LogP contribution < -0.4 is 10.5 Å². The third kappa shape index (κ3) is 4.57. The molecule has 9 heteroatoms. The lowest BCUT2D eigenvalue weighted by atomic mass is 10.2. The van der Waals surface area contributed by atoms with Crippen LogP contribution in [0.25, 0.3) is 0 Å². The lowest BCUT2D eigenvalue weighted by Gasteiger charge is -2.12. The fourth-order valence-corrected chi connectivity index (χ4v) is 3.37. The van der Waals surface area contributed by atoms with Crippen LogP contribution in [0.5, 0.6) is 0 Å². The number of ether oxygens (including phenoxy) is 1. The number of hydrogen-bond donors (Lipinski definition) is 2. The molecule has 2 rings (SSSR count). The van der Waals surface area contributed by atoms with Crippen LogP contribution in [-0.2, 0) is 19.6 Å². The van der Waals surface area contributed by atoms with E-state index < -0.39 is 33.8 Å². The van der Waals surface area contributed by atoms with Crippen LogP contribution in [0.2, 0.25) is 0 Å². The highest BCUT2D eigenvalue weighted by Crippen LogP contribution is 2.20. The van der Waals surface area contributed by atoms with E-state index in [9.17, 15) is 22.4 Å². The minimum Gasteiger partial charge on any atom is -0.449 e. The molecule has 2 aromatic carbocycles. The monoisotopic (exact) mass is 380 g/mol. The zero-order valence-electron chi connectivity index (χ0n) is 14.0. The summed E-state index contributed by atoms with van der Waals surface area (Å²) in [5.74, 6) is -2.08. The summed E-state index contributed by atoms with van der Waals surface area (Å²) in [7, 11) is -3.92. The Hall–Kier alpha value is -2.94. The number of nitrogens with one attached hydrogen (secondary N) is 1. The van der Waals surface area contributed by atoms with Gasteiger partial charge in [0.2, 0.25) is 0 Å². The summed E-state index contributed by atoms with van der Waals surface area (Å²) in [6.07, 6.45) is -1.08. The van der Waals surface area contributed by atoms with Gasteiger partial charge in [0.05, 0.1) is 10.5 Å². The van der Waals surface area contributed by atoms with Crippen molar-refractivity contribution in [1.82, 2.24) is 0 Å². The summed E-state index contributed by atoms with van der Waals surface area (Å²) >= 11 is 0. The second-order valence-electron chi connectivity index (χ2n) is 5.54. The van der Waals surface area contributed by atoms with Crippen LogP contribution in [0.1, 0.15) is 22.8 Å². The number of rotatable bonds is 6. The van der Waals surface area contributed by atoms with E-state index in [1.807, 2.05) is 0 Å². The molecule has 2 aromatic rings. The van der Waals surface area contributed by atoms with Gasteiger partial charge in [-0.05, 0) is 61.9 Å². The minimum atomic E-state index is -3.92. The number of esters is 1. The van der Waals surface area contributed by atoms with Gasteiger partial charge in [-0.25, -0.2) is 17.6 Å². The fraction of sp³-hybridized carbons (Fsp3) is 0.176. The number of hydrogen-bond acceptors (Lipinski definition) is 5. The molecule has 0 saturated carbocycles. The third-order valence-corrected chi connectivity index (χ3v) is 5.03. The van der Waals surface area contributed by atoms with Gasteiger partial charge in [0, 0.05) is 5.69 Å². The maximum atomic E-state index is 13.1. The molecular weight excluding hydrogens is 363 g/mol. The number of primary amides is 1. The first kappa shape index (κ1) is 19.4. The quantitative estimate of drug-likeness (QED) is 0.744. The van der Waals surface area contributed by atoms with Crippen LogP contribution in [0.15, 0.2) is 47.4 Å². The Morgan fingerprint density at radius 1 is 1.15 bits per heavy atom. The number of sulfonamides is 1. The van der Waals surface area contributed by atoms with Gasteiger partial charge in [-0.2, -0.15) is 0 Å². The zero-order valence-corrected chi connectivity index (χ0v) is 14.8. The number of carbonyl (C=O) groups excluding carboxylic acids is 2. The summed E-state index contributed by atoms with van der Waals surface area (Å²) in [4.78, 5) is 22.7. The Bertz CT molecular complexity index is 942. The summed E-state index contributed by atoms with van der Waals surface area (Å²) in [5.41, 5.74) is 5.60. The highest BCUT2D eigenvalue weighted by atomic mass is 32.2. The second kappa shape index (κ2) is 7.52. The molecule has 7 nitrogen and oxygen atoms in total. The molecule has 0 unspecified atom stereocenters. The molecule has 0 aliphatic heterocycles. The van der Waals surface area contributed by atoms with Gasteiger partial charge in [0.1, 0.15) is 5.82 Å². The zero-order chi connectivity index (χ0) is 19.5. The normalized spacial score (nSPS) is 12.3. The van der Waals surface area contributed by atoms with E-state index in [-0.39, 0.29) is 21.7 Å². The fourth-order valence-electron chi connectivity index (χ4n) is 2.09. The minimum absolute atomic E-state index is 0.0577. The average molecular weight is 380 g/mol. The number of anilines is 1. The van der Waals surface area contributed by atoms with Crippen molar-refractivity contribution in [2.45, 2.75) is 24.8 Å². The first-order chi connectivity index (χ1) is 12.1. The lowest BCUT2D eigenvalue weighted by molar-refractivity contribution is -0.125. The molecule has 0 aromatic heterocycles. The lowest BCUT2D eigenvalue weighted by Crippen LogP contribution is -2.30. The SMILES string of the molecule is Cc1cc(F)ccc1S(=O)(=O)Nc1ccc(C(=O)O[C@H](C)C(N)=O)cc1. The van der Waals surface area contributed by atoms with E-state index in [1.54, 1.807) is 0 Å². The van der Waals surface area contributed by atoms with E-state index in [0.29, 0.717) is 0 Å². The van der Waals surface area contributed by atoms with Gasteiger partial charge < -0.3 is 10.5 Å². The van der Waals surface area contributed by atoms with Crippen molar-refractivity contribution in [3.05, 3.63) is 59.4 Å². The topological polar surface area (TPSA) is 116 Å². The summed E-state index contributed by atoms with van der Waals surface area (Å²) < 4.78 is 45.1. The van der Waals surface area contributed by atoms with Crippen molar-refractivity contribution < 1.29 is 27.1 Å². The molecule has 0 saturated heterocycles. The van der Waals surface area contributed by atoms with Gasteiger partial charge in [0.25, 0.3) is 15.9 Å². The standard InChI is InChI=1S/C17H17FN2O5S/c1-10-9-13(18)5-8-15(10)26(23,24)20-14-6-3-12(4-7-14)17(22)25-11(2)16(19)21/h3-9,11,20H,1-2H3,(H2,19,21)/t11-/m1/s1. The Kier molecular flexibility index (Phi) is 5.61.